The van der Waals surface area contributed by atoms with Crippen molar-refractivity contribution < 1.29 is 50.3 Å². The average molecular weight is 874 g/mol. The van der Waals surface area contributed by atoms with Gasteiger partial charge in [-0.15, -0.1) is 0 Å². The van der Waals surface area contributed by atoms with Crippen LogP contribution < -0.4 is 0 Å². The molecule has 0 aliphatic rings. The first-order valence-electron chi connectivity index (χ1n) is 16.4. The lowest BCUT2D eigenvalue weighted by Gasteiger charge is -1.94. The molecule has 0 N–H and O–H groups in total. The highest BCUT2D eigenvalue weighted by atomic mass is 79.9. The number of nitrogens with zero attached hydrogens (tertiary/aromatic N) is 2. The molecule has 0 aliphatic carbocycles. The number of aromatic nitrogens is 1. The Labute approximate surface area is 343 Å². The maximum atomic E-state index is 12.8. The largest absolute Gasteiger partial charge is 0.299 e. The summed E-state index contributed by atoms with van der Waals surface area (Å²) < 4.78 is 76.0. The molecule has 0 bridgehead atoms. The van der Waals surface area contributed by atoms with E-state index < -0.39 is 29.1 Å². The van der Waals surface area contributed by atoms with Crippen molar-refractivity contribution >= 4 is 77.7 Å². The van der Waals surface area contributed by atoms with E-state index in [2.05, 4.69) is 20.9 Å². The van der Waals surface area contributed by atoms with Crippen LogP contribution in [0.15, 0.2) is 132 Å². The Balaban J connectivity index is 0.000000369. The molecule has 59 heavy (non-hydrogen) atoms. The van der Waals surface area contributed by atoms with Crippen molar-refractivity contribution in [2.75, 3.05) is 0 Å². The zero-order chi connectivity index (χ0) is 43.8. The number of halogens is 7. The first kappa shape index (κ1) is 49.6. The normalized spacial score (nSPS) is 10.3. The summed E-state index contributed by atoms with van der Waals surface area (Å²) in [6.07, 6.45) is 20.3. The Hall–Kier alpha value is -7.37. The van der Waals surface area contributed by atoms with E-state index in [0.717, 1.165) is 52.7 Å². The van der Waals surface area contributed by atoms with E-state index in [1.807, 2.05) is 12.1 Å². The van der Waals surface area contributed by atoms with Crippen LogP contribution in [0.3, 0.4) is 0 Å². The number of hydrogen-bond donors (Lipinski definition) is 0. The maximum Gasteiger partial charge on any atom is 0.159 e. The number of aldehydes is 5. The first-order valence-corrected chi connectivity index (χ1v) is 17.2. The van der Waals surface area contributed by atoms with Crippen molar-refractivity contribution in [2.24, 2.45) is 0 Å². The molecule has 300 valence electrons. The molecule has 0 saturated carbocycles. The molecule has 5 aromatic rings. The van der Waals surface area contributed by atoms with E-state index in [-0.39, 0.29) is 11.4 Å². The number of allylic oxidation sites excluding steroid dienone is 5. The van der Waals surface area contributed by atoms with E-state index in [1.54, 1.807) is 36.7 Å². The summed E-state index contributed by atoms with van der Waals surface area (Å²) in [6.45, 7) is 0. The number of benzene rings is 4. The lowest BCUT2D eigenvalue weighted by Crippen LogP contribution is -1.83. The van der Waals surface area contributed by atoms with Crippen LogP contribution >= 0.6 is 15.9 Å². The third kappa shape index (κ3) is 23.3. The van der Waals surface area contributed by atoms with Gasteiger partial charge in [-0.05, 0) is 135 Å². The predicted octanol–water partition coefficient (Wildman–Crippen LogP) is 10.4. The highest BCUT2D eigenvalue weighted by Gasteiger charge is 2.00. The monoisotopic (exact) mass is 872 g/mol. The first-order chi connectivity index (χ1) is 28.4. The van der Waals surface area contributed by atoms with Gasteiger partial charge in [0, 0.05) is 22.9 Å². The maximum absolute atomic E-state index is 12.8. The van der Waals surface area contributed by atoms with Crippen LogP contribution in [0.1, 0.15) is 33.4 Å². The third-order valence-corrected chi connectivity index (χ3v) is 6.72. The summed E-state index contributed by atoms with van der Waals surface area (Å²) in [7, 11) is 0. The zero-order valence-corrected chi connectivity index (χ0v) is 32.1. The zero-order valence-electron chi connectivity index (χ0n) is 30.5. The van der Waals surface area contributed by atoms with E-state index in [1.165, 1.54) is 78.9 Å². The van der Waals surface area contributed by atoms with Gasteiger partial charge in [0.15, 0.2) is 11.6 Å². The van der Waals surface area contributed by atoms with E-state index in [0.29, 0.717) is 47.4 Å². The number of carbonyl (C=O) groups is 5. The fourth-order valence-electron chi connectivity index (χ4n) is 3.94. The Morgan fingerprint density at radius 2 is 0.915 bits per heavy atom. The lowest BCUT2D eigenvalue weighted by molar-refractivity contribution is -0.104. The van der Waals surface area contributed by atoms with Crippen LogP contribution in [-0.2, 0) is 24.0 Å². The highest BCUT2D eigenvalue weighted by Crippen LogP contribution is 2.12. The van der Waals surface area contributed by atoms with Crippen molar-refractivity contribution in [3.8, 4) is 6.07 Å². The molecule has 0 atom stereocenters. The van der Waals surface area contributed by atoms with Gasteiger partial charge in [-0.25, -0.2) is 26.3 Å². The van der Waals surface area contributed by atoms with Crippen molar-refractivity contribution in [3.63, 3.8) is 0 Å². The van der Waals surface area contributed by atoms with Gasteiger partial charge in [0.1, 0.15) is 54.7 Å². The Morgan fingerprint density at radius 3 is 1.39 bits per heavy atom. The van der Waals surface area contributed by atoms with Crippen LogP contribution in [0.5, 0.6) is 0 Å². The highest BCUT2D eigenvalue weighted by molar-refractivity contribution is 9.10. The van der Waals surface area contributed by atoms with Gasteiger partial charge in [0.2, 0.25) is 0 Å². The SMILES string of the molecule is N#Cc1cc(F)cc(/C=C/C=O)c1.O=C/C=C/c1cc(F)cc(F)c1.O=C/C=C/c1ccc(F)c(F)c1.O=C/C=C/c1cccc(F)c1.O=C/C=C/c1cncc(Br)c1. The summed E-state index contributed by atoms with van der Waals surface area (Å²) in [5.74, 6) is -3.88. The van der Waals surface area contributed by atoms with Crippen molar-refractivity contribution in [1.29, 1.82) is 5.26 Å². The van der Waals surface area contributed by atoms with Crippen LogP contribution in [0.2, 0.25) is 0 Å². The molecule has 0 amide bonds. The molecule has 0 spiro atoms. The van der Waals surface area contributed by atoms with Gasteiger partial charge < -0.3 is 0 Å². The number of nitriles is 1. The van der Waals surface area contributed by atoms with Crippen molar-refractivity contribution in [1.82, 2.24) is 4.98 Å². The smallest absolute Gasteiger partial charge is 0.159 e. The molecule has 5 rings (SSSR count). The van der Waals surface area contributed by atoms with Crippen LogP contribution in [-0.4, -0.2) is 36.4 Å². The number of hydrogen-bond acceptors (Lipinski definition) is 7. The van der Waals surface area contributed by atoms with E-state index in [9.17, 15) is 50.3 Å². The molecule has 14 heteroatoms. The minimum absolute atomic E-state index is 0.241. The second-order valence-corrected chi connectivity index (χ2v) is 11.6. The Morgan fingerprint density at radius 1 is 0.458 bits per heavy atom. The van der Waals surface area contributed by atoms with Gasteiger partial charge in [-0.1, -0.05) is 48.6 Å². The molecule has 0 aliphatic heterocycles. The summed E-state index contributed by atoms with van der Waals surface area (Å²) in [6, 6.07) is 20.1. The molecule has 1 heterocycles. The summed E-state index contributed by atoms with van der Waals surface area (Å²) in [5, 5.41) is 8.50. The van der Waals surface area contributed by atoms with Gasteiger partial charge in [0.05, 0.1) is 11.6 Å². The molecule has 7 nitrogen and oxygen atoms in total. The van der Waals surface area contributed by atoms with E-state index in [4.69, 9.17) is 5.26 Å². The molecule has 0 saturated heterocycles. The fraction of sp³-hybridized carbons (Fsp3) is 0. The van der Waals surface area contributed by atoms with E-state index >= 15 is 0 Å². The molecule has 0 unspecified atom stereocenters. The topological polar surface area (TPSA) is 122 Å². The average Bonchev–Trinajstić information content (AvgIpc) is 3.21. The second-order valence-electron chi connectivity index (χ2n) is 10.7. The third-order valence-electron chi connectivity index (χ3n) is 6.29. The minimum atomic E-state index is -0.914. The van der Waals surface area contributed by atoms with Gasteiger partial charge in [0.25, 0.3) is 0 Å². The molecule has 0 fully saturated rings. The van der Waals surface area contributed by atoms with Gasteiger partial charge in [-0.3, -0.25) is 29.0 Å². The van der Waals surface area contributed by atoms with Gasteiger partial charge >= 0.3 is 0 Å². The lowest BCUT2D eigenvalue weighted by atomic mass is 10.1. The van der Waals surface area contributed by atoms with Crippen LogP contribution in [0.4, 0.5) is 26.3 Å². The number of pyridine rings is 1. The van der Waals surface area contributed by atoms with Crippen LogP contribution in [0, 0.1) is 46.2 Å². The number of carbonyl (C=O) groups excluding carboxylic acids is 5. The Kier molecular flexibility index (Phi) is 25.1. The number of rotatable bonds is 10. The van der Waals surface area contributed by atoms with Crippen LogP contribution in [0.25, 0.3) is 30.4 Å². The standard InChI is InChI=1S/C10H6FNO.2C9H6F2O.C9H7FO.C8H6BrNO/c11-10-5-8(2-1-3-13)4-9(6-10)7-12;10-8-4-3-7(2-1-5-12)6-9(8)11;10-8-4-7(2-1-3-12)5-9(11)6-8;10-9-5-1-3-8(7-9)4-2-6-11;9-8-4-7(2-1-3-11)5-10-6-8/h1-6H;2*1-6H;1-7H;1-6H/b3*2-1+;4-2+;2-1+. The summed E-state index contributed by atoms with van der Waals surface area (Å²) in [4.78, 5) is 53.5. The van der Waals surface area contributed by atoms with Crippen molar-refractivity contribution in [2.45, 2.75) is 0 Å². The molecule has 0 radical (unpaired) electrons. The predicted molar refractivity (Wildman–Crippen MR) is 218 cm³/mol. The Bertz CT molecular complexity index is 2270. The summed E-state index contributed by atoms with van der Waals surface area (Å²) >= 11 is 3.27. The quantitative estimate of drug-likeness (QED) is 0.0778. The molecular weight excluding hydrogens is 842 g/mol. The summed E-state index contributed by atoms with van der Waals surface area (Å²) in [5.41, 5.74) is 3.14. The second kappa shape index (κ2) is 29.9. The molecule has 4 aromatic carbocycles. The molecule has 1 aromatic heterocycles. The minimum Gasteiger partial charge on any atom is -0.299 e. The van der Waals surface area contributed by atoms with Crippen molar-refractivity contribution in [3.05, 3.63) is 200 Å². The fourth-order valence-corrected chi connectivity index (χ4v) is 4.32. The molecular formula is C45H31BrF6N2O5. The van der Waals surface area contributed by atoms with Gasteiger partial charge in [-0.2, -0.15) is 5.26 Å².